The van der Waals surface area contributed by atoms with Crippen molar-refractivity contribution in [1.82, 2.24) is 15.5 Å². The van der Waals surface area contributed by atoms with Gasteiger partial charge in [0.15, 0.2) is 0 Å². The summed E-state index contributed by atoms with van der Waals surface area (Å²) in [6.45, 7) is 4.82. The van der Waals surface area contributed by atoms with Crippen molar-refractivity contribution in [3.05, 3.63) is 59.4 Å². The first-order valence-corrected chi connectivity index (χ1v) is 9.34. The van der Waals surface area contributed by atoms with Crippen molar-refractivity contribution in [2.24, 2.45) is 5.92 Å². The van der Waals surface area contributed by atoms with Gasteiger partial charge in [0.05, 0.1) is 6.04 Å². The highest BCUT2D eigenvalue weighted by atomic mass is 16.2. The van der Waals surface area contributed by atoms with E-state index in [2.05, 4.69) is 41.8 Å². The molecule has 0 spiro atoms. The zero-order chi connectivity index (χ0) is 18.3. The minimum Gasteiger partial charge on any atom is -0.331 e. The van der Waals surface area contributed by atoms with Crippen molar-refractivity contribution >= 4 is 11.8 Å². The molecule has 2 N–H and O–H groups in total. The number of amides is 2. The van der Waals surface area contributed by atoms with Crippen LogP contribution in [0.5, 0.6) is 0 Å². The van der Waals surface area contributed by atoms with E-state index in [1.165, 1.54) is 5.56 Å². The van der Waals surface area contributed by atoms with Crippen LogP contribution in [-0.4, -0.2) is 35.3 Å². The van der Waals surface area contributed by atoms with Crippen LogP contribution < -0.4 is 10.6 Å². The summed E-state index contributed by atoms with van der Waals surface area (Å²) < 4.78 is 0. The lowest BCUT2D eigenvalue weighted by Crippen LogP contribution is -2.65. The monoisotopic (exact) mass is 351 g/mol. The molecule has 26 heavy (non-hydrogen) atoms. The number of nitrogens with one attached hydrogen (secondary N) is 2. The van der Waals surface area contributed by atoms with Gasteiger partial charge in [0.1, 0.15) is 6.04 Å². The average Bonchev–Trinajstić information content (AvgIpc) is 2.65. The second kappa shape index (κ2) is 6.72. The second-order valence-corrected chi connectivity index (χ2v) is 7.58. The maximum atomic E-state index is 13.2. The maximum absolute atomic E-state index is 13.2. The molecule has 1 aromatic carbocycles. The van der Waals surface area contributed by atoms with E-state index < -0.39 is 6.04 Å². The van der Waals surface area contributed by atoms with E-state index in [9.17, 15) is 9.59 Å². The van der Waals surface area contributed by atoms with Crippen molar-refractivity contribution in [3.63, 3.8) is 0 Å². The molecule has 4 unspecified atom stereocenters. The number of hydrogen-bond acceptors (Lipinski definition) is 3. The molecule has 136 valence electrons. The Morgan fingerprint density at radius 3 is 2.65 bits per heavy atom. The number of rotatable bonds is 1. The summed E-state index contributed by atoms with van der Waals surface area (Å²) in [5.74, 6) is -0.00720. The van der Waals surface area contributed by atoms with E-state index >= 15 is 0 Å². The number of benzene rings is 1. The number of piperidine rings is 2. The molecule has 3 heterocycles. The normalized spacial score (nSPS) is 31.3. The Balaban J connectivity index is 1.82. The molecule has 2 amide bonds. The van der Waals surface area contributed by atoms with Crippen molar-refractivity contribution in [2.45, 2.75) is 44.7 Å². The van der Waals surface area contributed by atoms with Gasteiger partial charge in [0, 0.05) is 18.3 Å². The minimum absolute atomic E-state index is 0.00385. The number of carbonyl (C=O) groups is 2. The summed E-state index contributed by atoms with van der Waals surface area (Å²) in [6.07, 6.45) is 7.38. The molecule has 0 aromatic heterocycles. The van der Waals surface area contributed by atoms with Gasteiger partial charge in [0.25, 0.3) is 0 Å². The summed E-state index contributed by atoms with van der Waals surface area (Å²) >= 11 is 0. The molecule has 0 bridgehead atoms. The van der Waals surface area contributed by atoms with Gasteiger partial charge >= 0.3 is 0 Å². The Morgan fingerprint density at radius 1 is 1.12 bits per heavy atom. The third kappa shape index (κ3) is 2.86. The number of aryl methyl sites for hydroxylation is 1. The predicted octanol–water partition coefficient (Wildman–Crippen LogP) is 2.20. The van der Waals surface area contributed by atoms with Crippen LogP contribution in [0.3, 0.4) is 0 Å². The molecule has 0 aliphatic carbocycles. The fourth-order valence-electron chi connectivity index (χ4n) is 4.47. The summed E-state index contributed by atoms with van der Waals surface area (Å²) in [4.78, 5) is 27.8. The van der Waals surface area contributed by atoms with Gasteiger partial charge < -0.3 is 15.5 Å². The number of fused-ring (bicyclic) bond motifs is 2. The molecule has 1 aromatic rings. The second-order valence-electron chi connectivity index (χ2n) is 7.58. The predicted molar refractivity (Wildman–Crippen MR) is 100 cm³/mol. The topological polar surface area (TPSA) is 61.4 Å². The third-order valence-corrected chi connectivity index (χ3v) is 5.80. The van der Waals surface area contributed by atoms with Gasteiger partial charge in [-0.05, 0) is 56.4 Å². The molecular formula is C21H25N3O2. The molecular weight excluding hydrogens is 326 g/mol. The SMILES string of the molecule is CC1=CNC(=O)C2C(c3ccc(C)cc3)C3CCCNC3C(=O)N2C=C1. The van der Waals surface area contributed by atoms with Crippen LogP contribution in [-0.2, 0) is 9.59 Å². The van der Waals surface area contributed by atoms with Crippen molar-refractivity contribution in [2.75, 3.05) is 6.54 Å². The number of allylic oxidation sites excluding steroid dienone is 2. The molecule has 4 atom stereocenters. The summed E-state index contributed by atoms with van der Waals surface area (Å²) in [6, 6.07) is 7.64. The Morgan fingerprint density at radius 2 is 1.88 bits per heavy atom. The van der Waals surface area contributed by atoms with Crippen LogP contribution >= 0.6 is 0 Å². The Labute approximate surface area is 154 Å². The molecule has 3 aliphatic heterocycles. The zero-order valence-corrected chi connectivity index (χ0v) is 15.2. The third-order valence-electron chi connectivity index (χ3n) is 5.80. The standard InChI is InChI=1S/C21H25N3O2/c1-13-5-7-15(8-6-13)17-16-4-3-10-22-18(16)21(26)24-11-9-14(2)12-23-20(25)19(17)24/h5-9,11-12,16-19,22H,3-4,10H2,1-2H3,(H,23,25). The average molecular weight is 351 g/mol. The van der Waals surface area contributed by atoms with Crippen molar-refractivity contribution < 1.29 is 9.59 Å². The largest absolute Gasteiger partial charge is 0.331 e. The first kappa shape index (κ1) is 17.0. The van der Waals surface area contributed by atoms with E-state index in [4.69, 9.17) is 0 Å². The van der Waals surface area contributed by atoms with Crippen LogP contribution in [0.1, 0.15) is 36.8 Å². The smallest absolute Gasteiger partial charge is 0.247 e. The van der Waals surface area contributed by atoms with E-state index in [1.54, 1.807) is 17.3 Å². The molecule has 0 radical (unpaired) electrons. The molecule has 2 fully saturated rings. The first-order valence-electron chi connectivity index (χ1n) is 9.34. The lowest BCUT2D eigenvalue weighted by molar-refractivity contribution is -0.147. The van der Waals surface area contributed by atoms with Gasteiger partial charge in [-0.1, -0.05) is 29.8 Å². The molecule has 5 heteroatoms. The molecule has 2 saturated heterocycles. The van der Waals surface area contributed by atoms with E-state index in [0.717, 1.165) is 30.5 Å². The van der Waals surface area contributed by atoms with Gasteiger partial charge in [-0.15, -0.1) is 0 Å². The van der Waals surface area contributed by atoms with E-state index in [-0.39, 0.29) is 29.7 Å². The lowest BCUT2D eigenvalue weighted by Gasteiger charge is -2.49. The summed E-state index contributed by atoms with van der Waals surface area (Å²) in [7, 11) is 0. The van der Waals surface area contributed by atoms with Gasteiger partial charge in [-0.3, -0.25) is 9.59 Å². The highest BCUT2D eigenvalue weighted by Gasteiger charge is 2.51. The number of hydrogen-bond donors (Lipinski definition) is 2. The first-order chi connectivity index (χ1) is 12.6. The van der Waals surface area contributed by atoms with Gasteiger partial charge in [-0.2, -0.15) is 0 Å². The quantitative estimate of drug-likeness (QED) is 0.815. The highest BCUT2D eigenvalue weighted by Crippen LogP contribution is 2.42. The Bertz CT molecular complexity index is 781. The van der Waals surface area contributed by atoms with Crippen LogP contribution in [0, 0.1) is 12.8 Å². The van der Waals surface area contributed by atoms with Crippen molar-refractivity contribution in [3.8, 4) is 0 Å². The fraction of sp³-hybridized carbons (Fsp3) is 0.429. The molecule has 4 rings (SSSR count). The van der Waals surface area contributed by atoms with E-state index in [1.807, 2.05) is 13.0 Å². The molecule has 0 saturated carbocycles. The van der Waals surface area contributed by atoms with Crippen LogP contribution in [0.4, 0.5) is 0 Å². The number of nitrogens with zero attached hydrogens (tertiary/aromatic N) is 1. The van der Waals surface area contributed by atoms with Crippen LogP contribution in [0.15, 0.2) is 48.3 Å². The van der Waals surface area contributed by atoms with Crippen LogP contribution in [0.2, 0.25) is 0 Å². The maximum Gasteiger partial charge on any atom is 0.247 e. The minimum atomic E-state index is -0.521. The zero-order valence-electron chi connectivity index (χ0n) is 15.2. The van der Waals surface area contributed by atoms with Crippen LogP contribution in [0.25, 0.3) is 0 Å². The lowest BCUT2D eigenvalue weighted by atomic mass is 9.69. The van der Waals surface area contributed by atoms with Gasteiger partial charge in [-0.25, -0.2) is 0 Å². The van der Waals surface area contributed by atoms with Crippen molar-refractivity contribution in [1.29, 1.82) is 0 Å². The summed E-state index contributed by atoms with van der Waals surface area (Å²) in [5.41, 5.74) is 3.23. The highest BCUT2D eigenvalue weighted by molar-refractivity contribution is 5.94. The van der Waals surface area contributed by atoms with Gasteiger partial charge in [0.2, 0.25) is 11.8 Å². The number of carbonyl (C=O) groups excluding carboxylic acids is 2. The fourth-order valence-corrected chi connectivity index (χ4v) is 4.47. The molecule has 5 nitrogen and oxygen atoms in total. The Kier molecular flexibility index (Phi) is 4.41. The van der Waals surface area contributed by atoms with E-state index in [0.29, 0.717) is 0 Å². The summed E-state index contributed by atoms with van der Waals surface area (Å²) in [5, 5.41) is 6.30. The Hall–Kier alpha value is -2.40. The molecule has 3 aliphatic rings.